The van der Waals surface area contributed by atoms with Crippen molar-refractivity contribution in [2.45, 2.75) is 13.5 Å². The van der Waals surface area contributed by atoms with Crippen LogP contribution in [-0.2, 0) is 6.54 Å². The first-order chi connectivity index (χ1) is 28.6. The van der Waals surface area contributed by atoms with Gasteiger partial charge in [-0.3, -0.25) is 4.98 Å². The molecule has 24 heteroatoms. The summed E-state index contributed by atoms with van der Waals surface area (Å²) in [6.07, 6.45) is 0.265. The summed E-state index contributed by atoms with van der Waals surface area (Å²) in [5, 5.41) is 0. The van der Waals surface area contributed by atoms with Gasteiger partial charge >= 0.3 is 0 Å². The second kappa shape index (κ2) is 17.3. The number of ether oxygens (including phenoxy) is 1. The van der Waals surface area contributed by atoms with Crippen LogP contribution in [0.4, 0.5) is 87.8 Å². The molecule has 0 aliphatic carbocycles. The lowest BCUT2D eigenvalue weighted by Gasteiger charge is -2.44. The molecule has 0 spiro atoms. The fourth-order valence-electron chi connectivity index (χ4n) is 6.40. The monoisotopic (exact) mass is 894 g/mol. The fourth-order valence-corrected chi connectivity index (χ4v) is 6.40. The number of hydrogen-bond donors (Lipinski definition) is 0. The highest BCUT2D eigenvalue weighted by atomic mass is 19.2. The highest BCUT2D eigenvalue weighted by molar-refractivity contribution is 7.20. The molecule has 0 amide bonds. The maximum Gasteiger partial charge on any atom is 0.200 e. The van der Waals surface area contributed by atoms with Crippen molar-refractivity contribution in [2.24, 2.45) is 0 Å². The van der Waals surface area contributed by atoms with E-state index in [1.807, 2.05) is 31.5 Å². The van der Waals surface area contributed by atoms with Gasteiger partial charge in [-0.25, -0.2) is 87.8 Å². The van der Waals surface area contributed by atoms with Crippen molar-refractivity contribution < 1.29 is 97.1 Å². The molecule has 0 aliphatic heterocycles. The predicted molar refractivity (Wildman–Crippen MR) is 170 cm³/mol. The van der Waals surface area contributed by atoms with E-state index in [4.69, 9.17) is 4.74 Å². The molecule has 0 saturated heterocycles. The molecule has 6 rings (SSSR count). The van der Waals surface area contributed by atoms with Gasteiger partial charge < -0.3 is 4.74 Å². The Kier molecular flexibility index (Phi) is 13.0. The summed E-state index contributed by atoms with van der Waals surface area (Å²) in [4.78, 5) is 3.98. The van der Waals surface area contributed by atoms with Crippen molar-refractivity contribution in [2.75, 3.05) is 6.61 Å². The standard InChI is InChI=1S/C24BF20.C13H15N2O/c26-5-1(6(27)14(35)21(42)13(5)34)25(2-7(28)15(36)22(43)16(37)8(2)29,3-9(30)17(38)23(44)18(39)10(3)31)4-11(32)19(40)24(45)20(41)12(4)33;1-2-16-13-5-3-12(4-6-13)11-15-9-7-14-8-10-15/h;3-10H,2,11H2,1H3/q-1;+1. The lowest BCUT2D eigenvalue weighted by atomic mass is 9.12. The molecule has 0 radical (unpaired) electrons. The van der Waals surface area contributed by atoms with E-state index in [2.05, 4.69) is 21.7 Å². The molecular formula is C37H15BF20N2O. The number of benzene rings is 5. The minimum absolute atomic E-state index is 0.707. The normalized spacial score (nSPS) is 11.5. The SMILES string of the molecule is CCOc1ccc(C[n+]2ccncc2)cc1.Fc1c(F)c(F)c([B-](c2c(F)c(F)c(F)c(F)c2F)(c2c(F)c(F)c(F)c(F)c2F)c2c(F)c(F)c(F)c(F)c2F)c(F)c1F. The summed E-state index contributed by atoms with van der Waals surface area (Å²) in [7, 11) is 0. The fraction of sp³-hybridized carbons (Fsp3) is 0.0811. The topological polar surface area (TPSA) is 26.0 Å². The van der Waals surface area contributed by atoms with Crippen LogP contribution in [-0.4, -0.2) is 17.7 Å². The van der Waals surface area contributed by atoms with Crippen LogP contribution in [0.1, 0.15) is 12.5 Å². The first-order valence-corrected chi connectivity index (χ1v) is 16.3. The summed E-state index contributed by atoms with van der Waals surface area (Å²) >= 11 is 0. The zero-order chi connectivity index (χ0) is 45.6. The van der Waals surface area contributed by atoms with Crippen LogP contribution in [0.25, 0.3) is 0 Å². The third kappa shape index (κ3) is 7.44. The van der Waals surface area contributed by atoms with E-state index in [0.29, 0.717) is 6.61 Å². The smallest absolute Gasteiger partial charge is 0.200 e. The number of aromatic nitrogens is 2. The van der Waals surface area contributed by atoms with Crippen LogP contribution in [0.15, 0.2) is 49.1 Å². The molecule has 1 aromatic heterocycles. The van der Waals surface area contributed by atoms with Gasteiger partial charge in [0.25, 0.3) is 0 Å². The highest BCUT2D eigenvalue weighted by Crippen LogP contribution is 2.30. The number of halogens is 20. The Hall–Kier alpha value is -6.36. The Morgan fingerprint density at radius 1 is 0.393 bits per heavy atom. The third-order valence-electron chi connectivity index (χ3n) is 9.00. The van der Waals surface area contributed by atoms with E-state index in [1.54, 1.807) is 12.4 Å². The summed E-state index contributed by atoms with van der Waals surface area (Å²) in [6.45, 7) is 3.55. The molecule has 0 fully saturated rings. The molecule has 5 aromatic carbocycles. The van der Waals surface area contributed by atoms with Crippen LogP contribution in [0.5, 0.6) is 5.75 Å². The van der Waals surface area contributed by atoms with E-state index in [0.717, 1.165) is 12.3 Å². The Morgan fingerprint density at radius 3 is 0.885 bits per heavy atom. The molecule has 1 heterocycles. The number of rotatable bonds is 8. The lowest BCUT2D eigenvalue weighted by molar-refractivity contribution is -0.688. The average Bonchev–Trinajstić information content (AvgIpc) is 3.25. The predicted octanol–water partition coefficient (Wildman–Crippen LogP) is 7.66. The van der Waals surface area contributed by atoms with Crippen LogP contribution in [0.3, 0.4) is 0 Å². The molecule has 322 valence electrons. The zero-order valence-corrected chi connectivity index (χ0v) is 29.5. The van der Waals surface area contributed by atoms with Crippen molar-refractivity contribution in [1.29, 1.82) is 0 Å². The van der Waals surface area contributed by atoms with Crippen molar-refractivity contribution >= 4 is 28.0 Å². The van der Waals surface area contributed by atoms with Crippen LogP contribution < -0.4 is 31.2 Å². The Balaban J connectivity index is 0.000000366. The van der Waals surface area contributed by atoms with Gasteiger partial charge in [0.1, 0.15) is 58.4 Å². The number of hydrogen-bond acceptors (Lipinski definition) is 2. The molecule has 3 nitrogen and oxygen atoms in total. The summed E-state index contributed by atoms with van der Waals surface area (Å²) in [5.41, 5.74) is -13.1. The van der Waals surface area contributed by atoms with Crippen LogP contribution in [0.2, 0.25) is 0 Å². The molecule has 61 heavy (non-hydrogen) atoms. The highest BCUT2D eigenvalue weighted by Gasteiger charge is 2.52. The van der Waals surface area contributed by atoms with Gasteiger partial charge in [-0.1, -0.05) is 0 Å². The molecular weight excluding hydrogens is 879 g/mol. The van der Waals surface area contributed by atoms with Crippen molar-refractivity contribution in [3.05, 3.63) is 171 Å². The third-order valence-corrected chi connectivity index (χ3v) is 9.00. The van der Waals surface area contributed by atoms with E-state index < -0.39 is 144 Å². The molecule has 0 N–H and O–H groups in total. The zero-order valence-electron chi connectivity index (χ0n) is 29.5. The largest absolute Gasteiger partial charge is 0.494 e. The minimum atomic E-state index is -7.22. The average molecular weight is 894 g/mol. The molecule has 6 aromatic rings. The minimum Gasteiger partial charge on any atom is -0.494 e. The first-order valence-electron chi connectivity index (χ1n) is 16.3. The summed E-state index contributed by atoms with van der Waals surface area (Å²) in [6, 6.07) is 8.16. The first kappa shape index (κ1) is 45.7. The van der Waals surface area contributed by atoms with E-state index in [9.17, 15) is 52.7 Å². The van der Waals surface area contributed by atoms with Gasteiger partial charge in [-0.15, -0.1) is 21.9 Å². The van der Waals surface area contributed by atoms with Gasteiger partial charge in [0.05, 0.1) is 19.0 Å². The Labute approximate surface area is 327 Å². The second-order valence-electron chi connectivity index (χ2n) is 12.3. The van der Waals surface area contributed by atoms with E-state index in [1.165, 1.54) is 5.56 Å². The van der Waals surface area contributed by atoms with Crippen molar-refractivity contribution in [3.8, 4) is 5.75 Å². The molecule has 0 bridgehead atoms. The van der Waals surface area contributed by atoms with Gasteiger partial charge in [0, 0.05) is 5.56 Å². The van der Waals surface area contributed by atoms with Crippen molar-refractivity contribution in [1.82, 2.24) is 4.98 Å². The number of nitrogens with zero attached hydrogens (tertiary/aromatic N) is 2. The van der Waals surface area contributed by atoms with Crippen LogP contribution >= 0.6 is 0 Å². The summed E-state index contributed by atoms with van der Waals surface area (Å²) in [5.74, 6) is -70.5. The van der Waals surface area contributed by atoms with Gasteiger partial charge in [-0.05, 0) is 31.2 Å². The quantitative estimate of drug-likeness (QED) is 0.0517. The van der Waals surface area contributed by atoms with Crippen LogP contribution in [0, 0.1) is 116 Å². The van der Waals surface area contributed by atoms with E-state index in [-0.39, 0.29) is 0 Å². The summed E-state index contributed by atoms with van der Waals surface area (Å²) < 4.78 is 301. The van der Waals surface area contributed by atoms with Crippen molar-refractivity contribution in [3.63, 3.8) is 0 Å². The van der Waals surface area contributed by atoms with Gasteiger partial charge in [0.2, 0.25) is 0 Å². The van der Waals surface area contributed by atoms with Gasteiger partial charge in [0.15, 0.2) is 88.7 Å². The molecule has 0 saturated carbocycles. The Bertz CT molecular complexity index is 2300. The molecule has 0 aliphatic rings. The molecule has 0 atom stereocenters. The van der Waals surface area contributed by atoms with Gasteiger partial charge in [-0.2, -0.15) is 4.57 Å². The maximum atomic E-state index is 15.4. The maximum absolute atomic E-state index is 15.4. The Morgan fingerprint density at radius 2 is 0.639 bits per heavy atom. The van der Waals surface area contributed by atoms with E-state index >= 15 is 35.1 Å². The molecule has 0 unspecified atom stereocenters. The lowest BCUT2D eigenvalue weighted by Crippen LogP contribution is -2.81. The second-order valence-corrected chi connectivity index (χ2v) is 12.3.